The lowest BCUT2D eigenvalue weighted by Crippen LogP contribution is -2.32. The first kappa shape index (κ1) is 16.7. The Morgan fingerprint density at radius 3 is 2.43 bits per heavy atom. The molecule has 0 aliphatic carbocycles. The van der Waals surface area contributed by atoms with Crippen LogP contribution in [0.25, 0.3) is 0 Å². The number of halogens is 1. The van der Waals surface area contributed by atoms with E-state index in [0.29, 0.717) is 17.6 Å². The number of rotatable bonds is 4. The highest BCUT2D eigenvalue weighted by Gasteiger charge is 2.37. The summed E-state index contributed by atoms with van der Waals surface area (Å²) in [5, 5.41) is 9.09. The monoisotopic (exact) mass is 316 g/mol. The van der Waals surface area contributed by atoms with Crippen molar-refractivity contribution in [1.29, 1.82) is 5.26 Å². The number of nitrogens with zero attached hydrogens (tertiary/aromatic N) is 2. The highest BCUT2D eigenvalue weighted by atomic mass is 19.1. The fraction of sp³-hybridized carbons (Fsp3) is 0.353. The van der Waals surface area contributed by atoms with Crippen molar-refractivity contribution in [2.24, 2.45) is 0 Å². The van der Waals surface area contributed by atoms with Crippen molar-refractivity contribution in [2.75, 3.05) is 4.90 Å². The molecule has 2 amide bonds. The van der Waals surface area contributed by atoms with E-state index in [-0.39, 0.29) is 23.1 Å². The summed E-state index contributed by atoms with van der Waals surface area (Å²) in [7, 11) is 0. The Morgan fingerprint density at radius 1 is 1.30 bits per heavy atom. The number of ether oxygens (including phenoxy) is 1. The van der Waals surface area contributed by atoms with Gasteiger partial charge in [0.05, 0.1) is 17.4 Å². The molecular weight excluding hydrogens is 299 g/mol. The minimum atomic E-state index is -0.815. The predicted molar refractivity (Wildman–Crippen MR) is 82.4 cm³/mol. The number of amides is 2. The van der Waals surface area contributed by atoms with Gasteiger partial charge in [-0.1, -0.05) is 6.92 Å². The van der Waals surface area contributed by atoms with Gasteiger partial charge >= 0.3 is 0 Å². The average molecular weight is 316 g/mol. The lowest BCUT2D eigenvalue weighted by Gasteiger charge is -2.19. The molecule has 0 radical (unpaired) electrons. The molecule has 2 rings (SSSR count). The maximum atomic E-state index is 14.3. The van der Waals surface area contributed by atoms with E-state index in [1.54, 1.807) is 27.7 Å². The largest absolute Gasteiger partial charge is 0.490 e. The molecule has 120 valence electrons. The molecule has 1 aromatic rings. The highest BCUT2D eigenvalue weighted by molar-refractivity contribution is 6.32. The van der Waals surface area contributed by atoms with Gasteiger partial charge < -0.3 is 4.74 Å². The van der Waals surface area contributed by atoms with Crippen molar-refractivity contribution in [3.63, 3.8) is 0 Å². The summed E-state index contributed by atoms with van der Waals surface area (Å²) in [4.78, 5) is 25.5. The summed E-state index contributed by atoms with van der Waals surface area (Å²) in [6.45, 7) is 6.83. The molecule has 1 heterocycles. The molecule has 5 nitrogen and oxygen atoms in total. The van der Waals surface area contributed by atoms with E-state index in [9.17, 15) is 14.0 Å². The second-order valence-electron chi connectivity index (χ2n) is 5.48. The van der Waals surface area contributed by atoms with Crippen LogP contribution >= 0.6 is 0 Å². The molecule has 1 aromatic carbocycles. The third kappa shape index (κ3) is 2.82. The standard InChI is InChI=1S/C17H17FN2O3/c1-5-12-10(4)16(21)20(17(12)22)14-7-15(23-9(2)3)11(8-19)6-13(14)18/h6-7,9H,5H2,1-4H3. The molecule has 0 fully saturated rings. The minimum Gasteiger partial charge on any atom is -0.490 e. The Morgan fingerprint density at radius 2 is 1.96 bits per heavy atom. The number of benzene rings is 1. The number of nitriles is 1. The molecule has 23 heavy (non-hydrogen) atoms. The first-order valence-electron chi connectivity index (χ1n) is 7.30. The van der Waals surface area contributed by atoms with Gasteiger partial charge in [0.15, 0.2) is 0 Å². The third-order valence-corrected chi connectivity index (χ3v) is 3.56. The zero-order valence-corrected chi connectivity index (χ0v) is 13.4. The Kier molecular flexibility index (Phi) is 4.50. The average Bonchev–Trinajstić information content (AvgIpc) is 2.70. The van der Waals surface area contributed by atoms with Gasteiger partial charge in [0, 0.05) is 17.2 Å². The quantitative estimate of drug-likeness (QED) is 0.800. The van der Waals surface area contributed by atoms with E-state index in [0.717, 1.165) is 11.0 Å². The third-order valence-electron chi connectivity index (χ3n) is 3.56. The number of hydrogen-bond donors (Lipinski definition) is 0. The maximum Gasteiger partial charge on any atom is 0.261 e. The Bertz CT molecular complexity index is 760. The van der Waals surface area contributed by atoms with Crippen molar-refractivity contribution >= 4 is 17.5 Å². The van der Waals surface area contributed by atoms with E-state index in [1.807, 2.05) is 6.07 Å². The molecular formula is C17H17FN2O3. The molecule has 6 heteroatoms. The summed E-state index contributed by atoms with van der Waals surface area (Å²) < 4.78 is 19.8. The van der Waals surface area contributed by atoms with Crippen molar-refractivity contribution in [3.05, 3.63) is 34.7 Å². The maximum absolute atomic E-state index is 14.3. The van der Waals surface area contributed by atoms with Crippen LogP contribution in [0.2, 0.25) is 0 Å². The summed E-state index contributed by atoms with van der Waals surface area (Å²) in [5.74, 6) is -1.76. The van der Waals surface area contributed by atoms with Crippen LogP contribution in [0.1, 0.15) is 39.7 Å². The molecule has 1 aliphatic rings. The van der Waals surface area contributed by atoms with Crippen molar-refractivity contribution < 1.29 is 18.7 Å². The van der Waals surface area contributed by atoms with Gasteiger partial charge in [0.2, 0.25) is 0 Å². The van der Waals surface area contributed by atoms with Crippen LogP contribution in [0.4, 0.5) is 10.1 Å². The zero-order valence-electron chi connectivity index (χ0n) is 13.4. The van der Waals surface area contributed by atoms with Gasteiger partial charge in [0.25, 0.3) is 11.8 Å². The smallest absolute Gasteiger partial charge is 0.261 e. The first-order valence-corrected chi connectivity index (χ1v) is 7.30. The van der Waals surface area contributed by atoms with Crippen LogP contribution in [-0.2, 0) is 9.59 Å². The Balaban J connectivity index is 2.55. The lowest BCUT2D eigenvalue weighted by atomic mass is 10.1. The fourth-order valence-corrected chi connectivity index (χ4v) is 2.47. The van der Waals surface area contributed by atoms with Crippen LogP contribution in [0.3, 0.4) is 0 Å². The van der Waals surface area contributed by atoms with Crippen LogP contribution in [0, 0.1) is 17.1 Å². The SMILES string of the molecule is CCC1=C(C)C(=O)N(c2cc(OC(C)C)c(C#N)cc2F)C1=O. The van der Waals surface area contributed by atoms with E-state index in [1.165, 1.54) is 6.07 Å². The van der Waals surface area contributed by atoms with Crippen molar-refractivity contribution in [1.82, 2.24) is 0 Å². The van der Waals surface area contributed by atoms with Crippen LogP contribution in [0.5, 0.6) is 5.75 Å². The van der Waals surface area contributed by atoms with Gasteiger partial charge in [-0.25, -0.2) is 9.29 Å². The molecule has 0 saturated heterocycles. The van der Waals surface area contributed by atoms with Gasteiger partial charge in [-0.15, -0.1) is 0 Å². The molecule has 0 atom stereocenters. The molecule has 1 aliphatic heterocycles. The summed E-state index contributed by atoms with van der Waals surface area (Å²) in [5.41, 5.74) is 0.495. The van der Waals surface area contributed by atoms with Gasteiger partial charge in [-0.2, -0.15) is 5.26 Å². The number of anilines is 1. The second kappa shape index (κ2) is 6.21. The first-order chi connectivity index (χ1) is 10.8. The predicted octanol–water partition coefficient (Wildman–Crippen LogP) is 3.08. The van der Waals surface area contributed by atoms with Crippen LogP contribution in [0.15, 0.2) is 23.3 Å². The molecule has 0 unspecified atom stereocenters. The van der Waals surface area contributed by atoms with E-state index in [2.05, 4.69) is 0 Å². The fourth-order valence-electron chi connectivity index (χ4n) is 2.47. The van der Waals surface area contributed by atoms with Crippen molar-refractivity contribution in [2.45, 2.75) is 40.2 Å². The van der Waals surface area contributed by atoms with Crippen LogP contribution < -0.4 is 9.64 Å². The number of hydrogen-bond acceptors (Lipinski definition) is 4. The van der Waals surface area contributed by atoms with Crippen molar-refractivity contribution in [3.8, 4) is 11.8 Å². The number of carbonyl (C=O) groups excluding carboxylic acids is 2. The zero-order chi connectivity index (χ0) is 17.3. The normalized spacial score (nSPS) is 14.7. The van der Waals surface area contributed by atoms with Gasteiger partial charge in [-0.3, -0.25) is 9.59 Å². The topological polar surface area (TPSA) is 70.4 Å². The summed E-state index contributed by atoms with van der Waals surface area (Å²) in [6.07, 6.45) is 0.150. The van der Waals surface area contributed by atoms with E-state index >= 15 is 0 Å². The number of carbonyl (C=O) groups is 2. The Hall–Kier alpha value is -2.68. The summed E-state index contributed by atoms with van der Waals surface area (Å²) in [6, 6.07) is 4.06. The highest BCUT2D eigenvalue weighted by Crippen LogP contribution is 2.34. The summed E-state index contributed by atoms with van der Waals surface area (Å²) >= 11 is 0. The molecule has 0 N–H and O–H groups in total. The molecule has 0 spiro atoms. The van der Waals surface area contributed by atoms with E-state index < -0.39 is 17.6 Å². The van der Waals surface area contributed by atoms with Crippen LogP contribution in [-0.4, -0.2) is 17.9 Å². The Labute approximate surface area is 134 Å². The second-order valence-corrected chi connectivity index (χ2v) is 5.48. The number of imide groups is 1. The van der Waals surface area contributed by atoms with E-state index in [4.69, 9.17) is 10.00 Å². The minimum absolute atomic E-state index is 0.0134. The van der Waals surface area contributed by atoms with Gasteiger partial charge in [-0.05, 0) is 33.3 Å². The lowest BCUT2D eigenvalue weighted by molar-refractivity contribution is -0.120. The molecule has 0 aromatic heterocycles. The molecule has 0 bridgehead atoms. The van der Waals surface area contributed by atoms with Gasteiger partial charge in [0.1, 0.15) is 17.6 Å². The molecule has 0 saturated carbocycles.